The van der Waals surface area contributed by atoms with Crippen molar-refractivity contribution in [3.05, 3.63) is 54.2 Å². The van der Waals surface area contributed by atoms with Crippen LogP contribution in [0.1, 0.15) is 5.56 Å². The summed E-state index contributed by atoms with van der Waals surface area (Å²) in [5.74, 6) is 0.753. The third-order valence-electron chi connectivity index (χ3n) is 2.80. The first-order valence-electron chi connectivity index (χ1n) is 6.16. The van der Waals surface area contributed by atoms with E-state index in [4.69, 9.17) is 0 Å². The Hall–Kier alpha value is -1.92. The number of pyridine rings is 1. The van der Waals surface area contributed by atoms with Gasteiger partial charge in [0.15, 0.2) is 0 Å². The van der Waals surface area contributed by atoms with Crippen LogP contribution < -0.4 is 9.62 Å². The highest BCUT2D eigenvalue weighted by molar-refractivity contribution is 7.89. The Morgan fingerprint density at radius 3 is 2.45 bits per heavy atom. The quantitative estimate of drug-likeness (QED) is 0.909. The Bertz CT molecular complexity index is 670. The number of hydrogen-bond donors (Lipinski definition) is 1. The molecule has 0 amide bonds. The second kappa shape index (κ2) is 6.02. The van der Waals surface area contributed by atoms with Crippen LogP contribution in [0.5, 0.6) is 0 Å². The van der Waals surface area contributed by atoms with Crippen molar-refractivity contribution in [1.29, 1.82) is 0 Å². The van der Waals surface area contributed by atoms with Gasteiger partial charge in [0.25, 0.3) is 0 Å². The lowest BCUT2D eigenvalue weighted by Crippen LogP contribution is -2.24. The molecule has 0 saturated heterocycles. The molecule has 2 rings (SSSR count). The molecule has 1 N–H and O–H groups in total. The third kappa shape index (κ3) is 3.34. The van der Waals surface area contributed by atoms with E-state index in [1.165, 1.54) is 0 Å². The molecule has 0 atom stereocenters. The van der Waals surface area contributed by atoms with Gasteiger partial charge in [-0.1, -0.05) is 24.3 Å². The summed E-state index contributed by atoms with van der Waals surface area (Å²) >= 11 is 0. The van der Waals surface area contributed by atoms with Crippen LogP contribution in [0.3, 0.4) is 0 Å². The Kier molecular flexibility index (Phi) is 4.36. The van der Waals surface area contributed by atoms with Gasteiger partial charge in [-0.25, -0.2) is 18.1 Å². The van der Waals surface area contributed by atoms with Gasteiger partial charge in [0.1, 0.15) is 5.82 Å². The molecule has 5 nitrogen and oxygen atoms in total. The fraction of sp³-hybridized carbons (Fsp3) is 0.214. The minimum Gasteiger partial charge on any atom is -0.362 e. The number of sulfonamides is 1. The number of rotatable bonds is 5. The molecular weight excluding hydrogens is 274 g/mol. The van der Waals surface area contributed by atoms with Crippen LogP contribution in [0.25, 0.3) is 0 Å². The summed E-state index contributed by atoms with van der Waals surface area (Å²) in [6, 6.07) is 12.0. The highest BCUT2D eigenvalue weighted by atomic mass is 32.2. The molecule has 2 aromatic rings. The van der Waals surface area contributed by atoms with Crippen molar-refractivity contribution < 1.29 is 8.42 Å². The maximum Gasteiger partial charge on any atom is 0.240 e. The van der Waals surface area contributed by atoms with Crippen molar-refractivity contribution in [1.82, 2.24) is 9.71 Å². The van der Waals surface area contributed by atoms with E-state index in [1.54, 1.807) is 42.6 Å². The molecule has 0 spiro atoms. The van der Waals surface area contributed by atoms with Gasteiger partial charge < -0.3 is 4.90 Å². The van der Waals surface area contributed by atoms with E-state index in [1.807, 2.05) is 25.1 Å². The summed E-state index contributed by atoms with van der Waals surface area (Å²) < 4.78 is 26.9. The van der Waals surface area contributed by atoms with E-state index in [0.29, 0.717) is 0 Å². The smallest absolute Gasteiger partial charge is 0.240 e. The second-order valence-corrected chi connectivity index (χ2v) is 6.29. The molecule has 20 heavy (non-hydrogen) atoms. The van der Waals surface area contributed by atoms with E-state index >= 15 is 0 Å². The summed E-state index contributed by atoms with van der Waals surface area (Å²) in [5, 5.41) is 0. The monoisotopic (exact) mass is 291 g/mol. The van der Waals surface area contributed by atoms with Crippen LogP contribution >= 0.6 is 0 Å². The van der Waals surface area contributed by atoms with Gasteiger partial charge in [-0.05, 0) is 18.2 Å². The van der Waals surface area contributed by atoms with Crippen LogP contribution in [0.15, 0.2) is 53.6 Å². The number of aromatic nitrogens is 1. The molecule has 6 heteroatoms. The lowest BCUT2D eigenvalue weighted by Gasteiger charge is -2.16. The molecule has 0 fully saturated rings. The van der Waals surface area contributed by atoms with Crippen molar-refractivity contribution in [3.8, 4) is 0 Å². The normalized spacial score (nSPS) is 11.3. The van der Waals surface area contributed by atoms with Crippen LogP contribution in [0.2, 0.25) is 0 Å². The SMILES string of the molecule is CN(C)c1ncccc1CNS(=O)(=O)c1ccccc1. The van der Waals surface area contributed by atoms with Crippen molar-refractivity contribution in [2.45, 2.75) is 11.4 Å². The predicted molar refractivity (Wildman–Crippen MR) is 79.0 cm³/mol. The van der Waals surface area contributed by atoms with Crippen molar-refractivity contribution in [2.24, 2.45) is 0 Å². The largest absolute Gasteiger partial charge is 0.362 e. The van der Waals surface area contributed by atoms with Gasteiger partial charge in [0.2, 0.25) is 10.0 Å². The van der Waals surface area contributed by atoms with Crippen LogP contribution in [-0.4, -0.2) is 27.5 Å². The zero-order valence-electron chi connectivity index (χ0n) is 11.4. The maximum absolute atomic E-state index is 12.1. The van der Waals surface area contributed by atoms with Gasteiger partial charge in [-0.15, -0.1) is 0 Å². The summed E-state index contributed by atoms with van der Waals surface area (Å²) in [5.41, 5.74) is 0.831. The lowest BCUT2D eigenvalue weighted by atomic mass is 10.2. The Labute approximate surface area is 119 Å². The van der Waals surface area contributed by atoms with Gasteiger partial charge in [0.05, 0.1) is 4.90 Å². The van der Waals surface area contributed by atoms with Gasteiger partial charge in [-0.2, -0.15) is 0 Å². The molecule has 0 aliphatic carbocycles. The van der Waals surface area contributed by atoms with E-state index in [9.17, 15) is 8.42 Å². The summed E-state index contributed by atoms with van der Waals surface area (Å²) in [7, 11) is 0.248. The van der Waals surface area contributed by atoms with E-state index in [-0.39, 0.29) is 11.4 Å². The van der Waals surface area contributed by atoms with E-state index in [0.717, 1.165) is 11.4 Å². The summed E-state index contributed by atoms with van der Waals surface area (Å²) in [4.78, 5) is 6.36. The predicted octanol–water partition coefficient (Wildman–Crippen LogP) is 1.63. The number of anilines is 1. The molecule has 0 saturated carbocycles. The van der Waals surface area contributed by atoms with Gasteiger partial charge >= 0.3 is 0 Å². The minimum atomic E-state index is -3.50. The van der Waals surface area contributed by atoms with E-state index in [2.05, 4.69) is 9.71 Å². The fourth-order valence-corrected chi connectivity index (χ4v) is 2.85. The topological polar surface area (TPSA) is 62.3 Å². The van der Waals surface area contributed by atoms with Crippen LogP contribution in [0.4, 0.5) is 5.82 Å². The molecular formula is C14H17N3O2S. The second-order valence-electron chi connectivity index (χ2n) is 4.52. The zero-order valence-corrected chi connectivity index (χ0v) is 12.3. The Balaban J connectivity index is 2.17. The summed E-state index contributed by atoms with van der Waals surface area (Å²) in [6.45, 7) is 0.207. The highest BCUT2D eigenvalue weighted by Crippen LogP contribution is 2.15. The number of hydrogen-bond acceptors (Lipinski definition) is 4. The standard InChI is InChI=1S/C14H17N3O2S/c1-17(2)14-12(7-6-10-15-14)11-16-20(18,19)13-8-4-3-5-9-13/h3-10,16H,11H2,1-2H3. The number of benzene rings is 1. The van der Waals surface area contributed by atoms with Crippen molar-refractivity contribution in [2.75, 3.05) is 19.0 Å². The fourth-order valence-electron chi connectivity index (χ4n) is 1.83. The third-order valence-corrected chi connectivity index (χ3v) is 4.21. The highest BCUT2D eigenvalue weighted by Gasteiger charge is 2.14. The average Bonchev–Trinajstić information content (AvgIpc) is 2.46. The van der Waals surface area contributed by atoms with Gasteiger partial charge in [0, 0.05) is 32.4 Å². The molecule has 106 valence electrons. The molecule has 1 heterocycles. The van der Waals surface area contributed by atoms with Crippen molar-refractivity contribution in [3.63, 3.8) is 0 Å². The molecule has 1 aromatic carbocycles. The van der Waals surface area contributed by atoms with Crippen molar-refractivity contribution >= 4 is 15.8 Å². The lowest BCUT2D eigenvalue weighted by molar-refractivity contribution is 0.581. The Morgan fingerprint density at radius 2 is 1.80 bits per heavy atom. The molecule has 0 aliphatic heterocycles. The average molecular weight is 291 g/mol. The summed E-state index contributed by atoms with van der Waals surface area (Å²) in [6.07, 6.45) is 1.69. The molecule has 0 unspecified atom stereocenters. The number of nitrogens with zero attached hydrogens (tertiary/aromatic N) is 2. The first-order valence-corrected chi connectivity index (χ1v) is 7.65. The molecule has 0 radical (unpaired) electrons. The minimum absolute atomic E-state index is 0.207. The molecule has 1 aromatic heterocycles. The number of nitrogens with one attached hydrogen (secondary N) is 1. The first-order chi connectivity index (χ1) is 9.50. The zero-order chi connectivity index (χ0) is 14.6. The molecule has 0 aliphatic rings. The van der Waals surface area contributed by atoms with Crippen LogP contribution in [-0.2, 0) is 16.6 Å². The first kappa shape index (κ1) is 14.5. The van der Waals surface area contributed by atoms with Gasteiger partial charge in [-0.3, -0.25) is 0 Å². The molecule has 0 bridgehead atoms. The maximum atomic E-state index is 12.1. The van der Waals surface area contributed by atoms with Crippen LogP contribution in [0, 0.1) is 0 Å². The Morgan fingerprint density at radius 1 is 1.10 bits per heavy atom. The van der Waals surface area contributed by atoms with E-state index < -0.39 is 10.0 Å².